The normalized spacial score (nSPS) is 34.5. The lowest BCUT2D eigenvalue weighted by Gasteiger charge is -2.21. The van der Waals surface area contributed by atoms with Crippen LogP contribution < -0.4 is 5.32 Å². The Hall–Kier alpha value is -0.800. The summed E-state index contributed by atoms with van der Waals surface area (Å²) in [6.07, 6.45) is 8.46. The number of hydrogen-bond acceptors (Lipinski definition) is 3. The van der Waals surface area contributed by atoms with Gasteiger partial charge < -0.3 is 14.8 Å². The van der Waals surface area contributed by atoms with Gasteiger partial charge in [0.2, 0.25) is 5.91 Å². The Balaban J connectivity index is 1.85. The van der Waals surface area contributed by atoms with E-state index in [1.807, 2.05) is 0 Å². The molecular weight excluding hydrogens is 166 g/mol. The molecule has 2 heterocycles. The van der Waals surface area contributed by atoms with Gasteiger partial charge in [-0.2, -0.15) is 0 Å². The molecule has 2 saturated heterocycles. The van der Waals surface area contributed by atoms with Crippen LogP contribution in [0.5, 0.6) is 0 Å². The summed E-state index contributed by atoms with van der Waals surface area (Å²) in [6.45, 7) is 1.42. The Morgan fingerprint density at radius 2 is 2.23 bits per heavy atom. The van der Waals surface area contributed by atoms with Crippen LogP contribution >= 0.6 is 0 Å². The van der Waals surface area contributed by atoms with Gasteiger partial charge in [-0.05, 0) is 12.5 Å². The van der Waals surface area contributed by atoms with Crippen molar-refractivity contribution >= 4 is 0 Å². The Morgan fingerprint density at radius 3 is 3.00 bits per heavy atom. The van der Waals surface area contributed by atoms with E-state index in [0.717, 1.165) is 12.8 Å². The Kier molecular flexibility index (Phi) is 1.51. The molecule has 1 spiro atoms. The summed E-state index contributed by atoms with van der Waals surface area (Å²) in [5.41, 5.74) is 1.27. The average molecular weight is 179 g/mol. The van der Waals surface area contributed by atoms with Gasteiger partial charge in [0.05, 0.1) is 13.2 Å². The van der Waals surface area contributed by atoms with Gasteiger partial charge in [-0.1, -0.05) is 12.2 Å². The lowest BCUT2D eigenvalue weighted by Crippen LogP contribution is -2.39. The molecule has 13 heavy (non-hydrogen) atoms. The highest BCUT2D eigenvalue weighted by molar-refractivity contribution is 5.24. The molecule has 70 valence electrons. The first-order chi connectivity index (χ1) is 6.38. The van der Waals surface area contributed by atoms with Crippen LogP contribution in [0.1, 0.15) is 12.8 Å². The van der Waals surface area contributed by atoms with Crippen LogP contribution in [-0.4, -0.2) is 19.1 Å². The predicted molar refractivity (Wildman–Crippen MR) is 47.7 cm³/mol. The standard InChI is InChI=1S/C10H13NO2/c1-2-4-9-8(3-1)7-10(11-9)12-5-6-13-10/h1-2,4,8,11H,3,5-7H2. The van der Waals surface area contributed by atoms with E-state index in [1.165, 1.54) is 5.70 Å². The number of hydrogen-bond donors (Lipinski definition) is 1. The van der Waals surface area contributed by atoms with E-state index in [2.05, 4.69) is 23.5 Å². The van der Waals surface area contributed by atoms with Gasteiger partial charge >= 0.3 is 0 Å². The van der Waals surface area contributed by atoms with Crippen molar-refractivity contribution in [2.45, 2.75) is 18.8 Å². The molecule has 0 saturated carbocycles. The maximum atomic E-state index is 5.59. The summed E-state index contributed by atoms with van der Waals surface area (Å²) in [6, 6.07) is 0. The highest BCUT2D eigenvalue weighted by Crippen LogP contribution is 2.38. The number of rotatable bonds is 0. The zero-order valence-electron chi connectivity index (χ0n) is 7.45. The summed E-state index contributed by atoms with van der Waals surface area (Å²) in [5, 5.41) is 3.33. The maximum Gasteiger partial charge on any atom is 0.249 e. The fourth-order valence-electron chi connectivity index (χ4n) is 2.25. The highest BCUT2D eigenvalue weighted by Gasteiger charge is 2.46. The molecule has 1 aliphatic carbocycles. The predicted octanol–water partition coefficient (Wildman–Crippen LogP) is 1.14. The molecule has 2 fully saturated rings. The fraction of sp³-hybridized carbons (Fsp3) is 0.600. The monoisotopic (exact) mass is 179 g/mol. The van der Waals surface area contributed by atoms with Crippen molar-refractivity contribution in [3.8, 4) is 0 Å². The summed E-state index contributed by atoms with van der Waals surface area (Å²) in [5.74, 6) is 0.0887. The molecule has 3 nitrogen and oxygen atoms in total. The third-order valence-corrected chi connectivity index (χ3v) is 2.88. The Bertz CT molecular complexity index is 277. The van der Waals surface area contributed by atoms with E-state index in [4.69, 9.17) is 9.47 Å². The van der Waals surface area contributed by atoms with Gasteiger partial charge in [-0.15, -0.1) is 0 Å². The molecule has 0 bridgehead atoms. The smallest absolute Gasteiger partial charge is 0.249 e. The summed E-state index contributed by atoms with van der Waals surface area (Å²) in [4.78, 5) is 0. The molecule has 1 unspecified atom stereocenters. The van der Waals surface area contributed by atoms with Crippen molar-refractivity contribution < 1.29 is 9.47 Å². The third-order valence-electron chi connectivity index (χ3n) is 2.88. The van der Waals surface area contributed by atoms with Crippen LogP contribution in [0.4, 0.5) is 0 Å². The highest BCUT2D eigenvalue weighted by atomic mass is 16.8. The van der Waals surface area contributed by atoms with Crippen molar-refractivity contribution in [2.24, 2.45) is 5.92 Å². The summed E-state index contributed by atoms with van der Waals surface area (Å²) >= 11 is 0. The summed E-state index contributed by atoms with van der Waals surface area (Å²) < 4.78 is 11.2. The van der Waals surface area contributed by atoms with Crippen molar-refractivity contribution in [1.29, 1.82) is 0 Å². The van der Waals surface area contributed by atoms with Crippen molar-refractivity contribution in [2.75, 3.05) is 13.2 Å². The molecular formula is C10H13NO2. The summed E-state index contributed by atoms with van der Waals surface area (Å²) in [7, 11) is 0. The van der Waals surface area contributed by atoms with E-state index in [0.29, 0.717) is 19.1 Å². The second-order valence-electron chi connectivity index (χ2n) is 3.76. The number of ether oxygens (including phenoxy) is 2. The molecule has 0 aromatic heterocycles. The van der Waals surface area contributed by atoms with E-state index >= 15 is 0 Å². The second kappa shape index (κ2) is 2.59. The molecule has 3 aliphatic rings. The Morgan fingerprint density at radius 1 is 1.38 bits per heavy atom. The maximum absolute atomic E-state index is 5.59. The van der Waals surface area contributed by atoms with Crippen LogP contribution in [-0.2, 0) is 9.47 Å². The quantitative estimate of drug-likeness (QED) is 0.605. The second-order valence-corrected chi connectivity index (χ2v) is 3.76. The van der Waals surface area contributed by atoms with Crippen LogP contribution in [0.15, 0.2) is 23.9 Å². The van der Waals surface area contributed by atoms with Crippen molar-refractivity contribution in [1.82, 2.24) is 5.32 Å². The topological polar surface area (TPSA) is 30.5 Å². The number of allylic oxidation sites excluding steroid dienone is 4. The van der Waals surface area contributed by atoms with Gasteiger partial charge in [0, 0.05) is 18.0 Å². The zero-order chi connectivity index (χ0) is 8.73. The van der Waals surface area contributed by atoms with E-state index in [1.54, 1.807) is 0 Å². The number of fused-ring (bicyclic) bond motifs is 1. The molecule has 3 rings (SSSR count). The van der Waals surface area contributed by atoms with Crippen LogP contribution in [0, 0.1) is 5.92 Å². The molecule has 0 amide bonds. The molecule has 3 heteroatoms. The van der Waals surface area contributed by atoms with E-state index in [9.17, 15) is 0 Å². The molecule has 1 N–H and O–H groups in total. The average Bonchev–Trinajstić information content (AvgIpc) is 2.72. The first kappa shape index (κ1) is 7.59. The van der Waals surface area contributed by atoms with Crippen molar-refractivity contribution in [3.63, 3.8) is 0 Å². The largest absolute Gasteiger partial charge is 0.338 e. The van der Waals surface area contributed by atoms with Crippen LogP contribution in [0.3, 0.4) is 0 Å². The molecule has 1 atom stereocenters. The van der Waals surface area contributed by atoms with Crippen LogP contribution in [0.2, 0.25) is 0 Å². The van der Waals surface area contributed by atoms with Gasteiger partial charge in [0.25, 0.3) is 0 Å². The minimum atomic E-state index is -0.484. The van der Waals surface area contributed by atoms with Gasteiger partial charge in [0.1, 0.15) is 0 Å². The number of nitrogens with one attached hydrogen (secondary N) is 1. The molecule has 2 aliphatic heterocycles. The molecule has 0 aromatic carbocycles. The van der Waals surface area contributed by atoms with Crippen molar-refractivity contribution in [3.05, 3.63) is 23.9 Å². The minimum Gasteiger partial charge on any atom is -0.338 e. The van der Waals surface area contributed by atoms with Crippen LogP contribution in [0.25, 0.3) is 0 Å². The first-order valence-electron chi connectivity index (χ1n) is 4.81. The van der Waals surface area contributed by atoms with Gasteiger partial charge in [0.15, 0.2) is 0 Å². The molecule has 0 aromatic rings. The zero-order valence-corrected chi connectivity index (χ0v) is 7.45. The first-order valence-corrected chi connectivity index (χ1v) is 4.81. The van der Waals surface area contributed by atoms with E-state index < -0.39 is 5.91 Å². The lowest BCUT2D eigenvalue weighted by atomic mass is 9.97. The SMILES string of the molecule is C1=CCC2CC3(NC2=C1)OCCO3. The molecule has 0 radical (unpaired) electrons. The minimum absolute atomic E-state index is 0.484. The lowest BCUT2D eigenvalue weighted by molar-refractivity contribution is -0.168. The van der Waals surface area contributed by atoms with Gasteiger partial charge in [-0.25, -0.2) is 0 Å². The van der Waals surface area contributed by atoms with Gasteiger partial charge in [-0.3, -0.25) is 0 Å². The fourth-order valence-corrected chi connectivity index (χ4v) is 2.25. The van der Waals surface area contributed by atoms with E-state index in [-0.39, 0.29) is 0 Å². The third kappa shape index (κ3) is 1.11. The Labute approximate surface area is 77.4 Å².